The Bertz CT molecular complexity index is 1150. The summed E-state index contributed by atoms with van der Waals surface area (Å²) in [6, 6.07) is 8.48. The Kier molecular flexibility index (Phi) is 9.72. The van der Waals surface area contributed by atoms with E-state index in [0.717, 1.165) is 17.8 Å². The van der Waals surface area contributed by atoms with Gasteiger partial charge in [-0.15, -0.1) is 0 Å². The molecule has 38 heavy (non-hydrogen) atoms. The Labute approximate surface area is 229 Å². The van der Waals surface area contributed by atoms with E-state index >= 15 is 0 Å². The summed E-state index contributed by atoms with van der Waals surface area (Å²) >= 11 is 12.1. The number of halogens is 5. The number of amides is 1. The fraction of sp³-hybridized carbons (Fsp3) is 0.480. The number of hydrogen-bond donors (Lipinski definition) is 0. The Morgan fingerprint density at radius 3 is 2.11 bits per heavy atom. The highest BCUT2D eigenvalue weighted by Gasteiger charge is 2.39. The first-order valence-corrected chi connectivity index (χ1v) is 12.5. The van der Waals surface area contributed by atoms with Crippen LogP contribution in [0.25, 0.3) is 0 Å². The normalized spacial score (nSPS) is 16.8. The van der Waals surface area contributed by atoms with Crippen LogP contribution >= 0.6 is 23.2 Å². The first kappa shape index (κ1) is 29.8. The van der Waals surface area contributed by atoms with Crippen molar-refractivity contribution in [3.05, 3.63) is 62.1 Å². The van der Waals surface area contributed by atoms with Crippen LogP contribution in [0, 0.1) is 10.1 Å². The molecule has 0 spiro atoms. The molecule has 2 fully saturated rings. The van der Waals surface area contributed by atoms with Gasteiger partial charge in [-0.25, -0.2) is 0 Å². The van der Waals surface area contributed by atoms with Gasteiger partial charge in [0.05, 0.1) is 21.1 Å². The van der Waals surface area contributed by atoms with Gasteiger partial charge in [-0.2, -0.15) is 13.2 Å². The molecule has 4 rings (SSSR count). The van der Waals surface area contributed by atoms with Crippen molar-refractivity contribution in [2.75, 3.05) is 55.7 Å². The molecule has 1 amide bonds. The number of ether oxygens (including phenoxy) is 1. The first-order chi connectivity index (χ1) is 17.5. The standard InChI is InChI=1S/C24H25Cl2F3N4O4.CH4/c25-20-3-1-17(14-21(20)26)31-9-11-32(12-10-31)23(34)15-37-18-5-7-30(8-6-18)16-2-4-22(33(35)36)19(13-16)24(27,28)29;/h1-4,13-14,18H,5-12,15H2;1H4. The molecule has 2 aliphatic heterocycles. The maximum absolute atomic E-state index is 13.3. The second-order valence-corrected chi connectivity index (χ2v) is 9.73. The maximum Gasteiger partial charge on any atom is 0.423 e. The highest BCUT2D eigenvalue weighted by atomic mass is 35.5. The van der Waals surface area contributed by atoms with Gasteiger partial charge in [0, 0.05) is 56.7 Å². The van der Waals surface area contributed by atoms with Gasteiger partial charge in [0.25, 0.3) is 5.69 Å². The maximum atomic E-state index is 13.3. The van der Waals surface area contributed by atoms with E-state index in [2.05, 4.69) is 4.90 Å². The predicted molar refractivity (Wildman–Crippen MR) is 141 cm³/mol. The summed E-state index contributed by atoms with van der Waals surface area (Å²) in [6.45, 7) is 3.15. The van der Waals surface area contributed by atoms with Crippen LogP contribution < -0.4 is 9.80 Å². The molecule has 0 atom stereocenters. The van der Waals surface area contributed by atoms with Gasteiger partial charge in [0.1, 0.15) is 12.2 Å². The van der Waals surface area contributed by atoms with Gasteiger partial charge < -0.3 is 19.4 Å². The summed E-state index contributed by atoms with van der Waals surface area (Å²) in [5, 5.41) is 11.9. The average molecular weight is 577 g/mol. The minimum Gasteiger partial charge on any atom is -0.371 e. The molecule has 2 aliphatic rings. The van der Waals surface area contributed by atoms with E-state index in [1.807, 2.05) is 6.07 Å². The van der Waals surface area contributed by atoms with Crippen molar-refractivity contribution in [2.24, 2.45) is 0 Å². The molecule has 0 radical (unpaired) electrons. The van der Waals surface area contributed by atoms with Gasteiger partial charge in [-0.3, -0.25) is 14.9 Å². The van der Waals surface area contributed by atoms with Gasteiger partial charge >= 0.3 is 6.18 Å². The SMILES string of the molecule is C.O=C(COC1CCN(c2ccc([N+](=O)[O-])c(C(F)(F)F)c2)CC1)N1CCN(c2ccc(Cl)c(Cl)c2)CC1. The molecular formula is C25H29Cl2F3N4O4. The lowest BCUT2D eigenvalue weighted by Crippen LogP contribution is -2.50. The quantitative estimate of drug-likeness (QED) is 0.315. The zero-order valence-corrected chi connectivity index (χ0v) is 21.2. The molecule has 0 aromatic heterocycles. The number of benzene rings is 2. The molecule has 0 aliphatic carbocycles. The molecule has 208 valence electrons. The molecule has 0 saturated carbocycles. The Hall–Kier alpha value is -2.76. The molecule has 0 N–H and O–H groups in total. The zero-order chi connectivity index (χ0) is 26.7. The third kappa shape index (κ3) is 7.00. The van der Waals surface area contributed by atoms with Gasteiger partial charge in [-0.05, 0) is 43.2 Å². The monoisotopic (exact) mass is 576 g/mol. The Balaban J connectivity index is 0.00000400. The van der Waals surface area contributed by atoms with Gasteiger partial charge in [0.15, 0.2) is 0 Å². The predicted octanol–water partition coefficient (Wildman–Crippen LogP) is 5.89. The van der Waals surface area contributed by atoms with Crippen molar-refractivity contribution in [2.45, 2.75) is 32.5 Å². The van der Waals surface area contributed by atoms with Crippen LogP contribution in [0.2, 0.25) is 10.0 Å². The lowest BCUT2D eigenvalue weighted by Gasteiger charge is -2.37. The number of piperidine rings is 1. The third-order valence-corrected chi connectivity index (χ3v) is 7.37. The van der Waals surface area contributed by atoms with Crippen LogP contribution in [-0.2, 0) is 15.7 Å². The fourth-order valence-electron chi connectivity index (χ4n) is 4.56. The van der Waals surface area contributed by atoms with E-state index < -0.39 is 22.4 Å². The molecule has 2 heterocycles. The van der Waals surface area contributed by atoms with Gasteiger partial charge in [-0.1, -0.05) is 30.6 Å². The number of piperazine rings is 1. The largest absolute Gasteiger partial charge is 0.423 e. The highest BCUT2D eigenvalue weighted by molar-refractivity contribution is 6.42. The number of carbonyl (C=O) groups is 1. The van der Waals surface area contributed by atoms with E-state index in [-0.39, 0.29) is 31.7 Å². The third-order valence-electron chi connectivity index (χ3n) is 6.63. The summed E-state index contributed by atoms with van der Waals surface area (Å²) in [6.07, 6.45) is -3.97. The highest BCUT2D eigenvalue weighted by Crippen LogP contribution is 2.38. The van der Waals surface area contributed by atoms with Crippen LogP contribution in [0.4, 0.5) is 30.2 Å². The van der Waals surface area contributed by atoms with Crippen molar-refractivity contribution in [1.29, 1.82) is 0 Å². The lowest BCUT2D eigenvalue weighted by molar-refractivity contribution is -0.388. The van der Waals surface area contributed by atoms with E-state index in [1.54, 1.807) is 21.9 Å². The minimum atomic E-state index is -4.83. The summed E-state index contributed by atoms with van der Waals surface area (Å²) in [4.78, 5) is 28.2. The van der Waals surface area contributed by atoms with E-state index in [1.165, 1.54) is 6.07 Å². The number of nitrogens with zero attached hydrogens (tertiary/aromatic N) is 4. The van der Waals surface area contributed by atoms with Crippen LogP contribution in [0.5, 0.6) is 0 Å². The molecule has 2 aromatic rings. The zero-order valence-electron chi connectivity index (χ0n) is 19.7. The summed E-state index contributed by atoms with van der Waals surface area (Å²) < 4.78 is 45.7. The first-order valence-electron chi connectivity index (χ1n) is 11.7. The molecule has 8 nitrogen and oxygen atoms in total. The number of rotatable bonds is 6. The van der Waals surface area contributed by atoms with Gasteiger partial charge in [0.2, 0.25) is 5.91 Å². The summed E-state index contributed by atoms with van der Waals surface area (Å²) in [7, 11) is 0. The lowest BCUT2D eigenvalue weighted by atomic mass is 10.1. The van der Waals surface area contributed by atoms with Crippen molar-refractivity contribution in [1.82, 2.24) is 4.90 Å². The average Bonchev–Trinajstić information content (AvgIpc) is 2.88. The molecular weight excluding hydrogens is 548 g/mol. The number of alkyl halides is 3. The van der Waals surface area contributed by atoms with E-state index in [9.17, 15) is 28.1 Å². The molecule has 13 heteroatoms. The molecule has 2 saturated heterocycles. The van der Waals surface area contributed by atoms with Crippen molar-refractivity contribution in [3.8, 4) is 0 Å². The van der Waals surface area contributed by atoms with Crippen molar-refractivity contribution in [3.63, 3.8) is 0 Å². The van der Waals surface area contributed by atoms with E-state index in [4.69, 9.17) is 27.9 Å². The number of nitro benzene ring substituents is 1. The van der Waals surface area contributed by atoms with E-state index in [0.29, 0.717) is 62.2 Å². The van der Waals surface area contributed by atoms with Crippen LogP contribution in [0.15, 0.2) is 36.4 Å². The second-order valence-electron chi connectivity index (χ2n) is 8.92. The second kappa shape index (κ2) is 12.4. The molecule has 2 aromatic carbocycles. The van der Waals surface area contributed by atoms with Crippen molar-refractivity contribution >= 4 is 46.2 Å². The number of carbonyl (C=O) groups excluding carboxylic acids is 1. The number of hydrogen-bond acceptors (Lipinski definition) is 6. The molecule has 0 unspecified atom stereocenters. The number of anilines is 2. The Morgan fingerprint density at radius 1 is 0.947 bits per heavy atom. The van der Waals surface area contributed by atoms with Crippen LogP contribution in [0.3, 0.4) is 0 Å². The van der Waals surface area contributed by atoms with Crippen LogP contribution in [-0.4, -0.2) is 67.7 Å². The van der Waals surface area contributed by atoms with Crippen LogP contribution in [0.1, 0.15) is 25.8 Å². The molecule has 0 bridgehead atoms. The summed E-state index contributed by atoms with van der Waals surface area (Å²) in [5.74, 6) is -0.110. The minimum absolute atomic E-state index is 0. The Morgan fingerprint density at radius 2 is 1.53 bits per heavy atom. The van der Waals surface area contributed by atoms with Crippen molar-refractivity contribution < 1.29 is 27.6 Å². The fourth-order valence-corrected chi connectivity index (χ4v) is 4.86. The smallest absolute Gasteiger partial charge is 0.371 e. The number of nitro groups is 1. The topological polar surface area (TPSA) is 79.2 Å². The summed E-state index contributed by atoms with van der Waals surface area (Å²) in [5.41, 5.74) is -1.02.